The van der Waals surface area contributed by atoms with Gasteiger partial charge in [0.15, 0.2) is 0 Å². The molecule has 0 aliphatic carbocycles. The second kappa shape index (κ2) is 9.55. The Kier molecular flexibility index (Phi) is 6.38. The van der Waals surface area contributed by atoms with Crippen LogP contribution in [0.25, 0.3) is 11.4 Å². The molecule has 10 nitrogen and oxygen atoms in total. The molecule has 1 aromatic heterocycles. The van der Waals surface area contributed by atoms with Crippen LogP contribution in [-0.2, 0) is 4.79 Å². The maximum atomic E-state index is 13.5. The van der Waals surface area contributed by atoms with Crippen molar-refractivity contribution < 1.29 is 23.4 Å². The molecule has 2 amide bonds. The number of nitro groups is 1. The normalized spacial score (nSPS) is 15.8. The molecule has 1 atom stereocenters. The van der Waals surface area contributed by atoms with Gasteiger partial charge in [-0.1, -0.05) is 23.4 Å². The fourth-order valence-corrected chi connectivity index (χ4v) is 3.68. The van der Waals surface area contributed by atoms with E-state index in [9.17, 15) is 24.1 Å². The lowest BCUT2D eigenvalue weighted by Crippen LogP contribution is -2.44. The zero-order chi connectivity index (χ0) is 23.4. The first-order valence-electron chi connectivity index (χ1n) is 10.3. The highest BCUT2D eigenvalue weighted by molar-refractivity contribution is 5.97. The molecule has 0 bridgehead atoms. The topological polar surface area (TPSA) is 131 Å². The van der Waals surface area contributed by atoms with Crippen LogP contribution >= 0.6 is 0 Å². The zero-order valence-corrected chi connectivity index (χ0v) is 17.4. The molecule has 170 valence electrons. The first-order valence-corrected chi connectivity index (χ1v) is 10.3. The number of likely N-dealkylation sites (tertiary alicyclic amines) is 1. The third-order valence-corrected chi connectivity index (χ3v) is 5.37. The fraction of sp³-hybridized carbons (Fsp3) is 0.273. The number of nitrogens with one attached hydrogen (secondary N) is 1. The predicted molar refractivity (Wildman–Crippen MR) is 114 cm³/mol. The van der Waals surface area contributed by atoms with Crippen LogP contribution in [0, 0.1) is 15.9 Å². The summed E-state index contributed by atoms with van der Waals surface area (Å²) >= 11 is 0. The van der Waals surface area contributed by atoms with Gasteiger partial charge in [0.1, 0.15) is 5.82 Å². The maximum absolute atomic E-state index is 13.5. The van der Waals surface area contributed by atoms with Crippen molar-refractivity contribution in [2.75, 3.05) is 19.6 Å². The standard InChI is InChI=1S/C22H20FN5O5/c23-17-7-1-4-14(10-17)20-25-22(33-26-20)16-6-3-9-27(13-16)19(29)12-24-21(30)15-5-2-8-18(11-15)28(31)32/h1-2,4-5,7-8,10-11,16H,3,6,9,12-13H2,(H,24,30). The van der Waals surface area contributed by atoms with Crippen molar-refractivity contribution in [3.63, 3.8) is 0 Å². The first-order chi connectivity index (χ1) is 15.9. The molecule has 1 fully saturated rings. The molecule has 33 heavy (non-hydrogen) atoms. The second-order valence-corrected chi connectivity index (χ2v) is 7.64. The summed E-state index contributed by atoms with van der Waals surface area (Å²) in [6.45, 7) is 0.621. The number of nitro benzene ring substituents is 1. The van der Waals surface area contributed by atoms with E-state index >= 15 is 0 Å². The van der Waals surface area contributed by atoms with Gasteiger partial charge in [-0.2, -0.15) is 4.98 Å². The smallest absolute Gasteiger partial charge is 0.270 e. The van der Waals surface area contributed by atoms with Crippen LogP contribution in [0.15, 0.2) is 53.1 Å². The van der Waals surface area contributed by atoms with Gasteiger partial charge in [-0.25, -0.2) is 4.39 Å². The Bertz CT molecular complexity index is 1200. The van der Waals surface area contributed by atoms with Gasteiger partial charge in [0, 0.05) is 36.3 Å². The second-order valence-electron chi connectivity index (χ2n) is 7.64. The zero-order valence-electron chi connectivity index (χ0n) is 17.4. The highest BCUT2D eigenvalue weighted by atomic mass is 19.1. The lowest BCUT2D eigenvalue weighted by Gasteiger charge is -2.31. The summed E-state index contributed by atoms with van der Waals surface area (Å²) in [7, 11) is 0. The number of halogens is 1. The lowest BCUT2D eigenvalue weighted by atomic mass is 9.98. The Morgan fingerprint density at radius 1 is 1.24 bits per heavy atom. The largest absolute Gasteiger partial charge is 0.343 e. The van der Waals surface area contributed by atoms with Crippen molar-refractivity contribution in [2.45, 2.75) is 18.8 Å². The van der Waals surface area contributed by atoms with Gasteiger partial charge < -0.3 is 14.7 Å². The molecule has 2 heterocycles. The van der Waals surface area contributed by atoms with Crippen LogP contribution in [0.2, 0.25) is 0 Å². The summed E-state index contributed by atoms with van der Waals surface area (Å²) < 4.78 is 18.8. The number of nitrogens with zero attached hydrogens (tertiary/aromatic N) is 4. The third kappa shape index (κ3) is 5.20. The van der Waals surface area contributed by atoms with Crippen molar-refractivity contribution in [3.05, 3.63) is 75.9 Å². The molecule has 11 heteroatoms. The van der Waals surface area contributed by atoms with E-state index in [1.54, 1.807) is 17.0 Å². The van der Waals surface area contributed by atoms with Gasteiger partial charge in [0.05, 0.1) is 17.4 Å². The average Bonchev–Trinajstić information content (AvgIpc) is 3.33. The van der Waals surface area contributed by atoms with Crippen LogP contribution < -0.4 is 5.32 Å². The van der Waals surface area contributed by atoms with Gasteiger partial charge >= 0.3 is 0 Å². The predicted octanol–water partition coefficient (Wildman–Crippen LogP) is 2.92. The minimum Gasteiger partial charge on any atom is -0.343 e. The Morgan fingerprint density at radius 2 is 2.06 bits per heavy atom. The summed E-state index contributed by atoms with van der Waals surface area (Å²) in [5.41, 5.74) is 0.395. The average molecular weight is 453 g/mol. The van der Waals surface area contributed by atoms with Crippen molar-refractivity contribution >= 4 is 17.5 Å². The lowest BCUT2D eigenvalue weighted by molar-refractivity contribution is -0.384. The first kappa shape index (κ1) is 22.1. The monoisotopic (exact) mass is 453 g/mol. The molecule has 4 rings (SSSR count). The van der Waals surface area contributed by atoms with E-state index < -0.39 is 16.6 Å². The van der Waals surface area contributed by atoms with Gasteiger partial charge in [0.2, 0.25) is 17.6 Å². The number of carbonyl (C=O) groups excluding carboxylic acids is 2. The van der Waals surface area contributed by atoms with Crippen LogP contribution in [0.3, 0.4) is 0 Å². The molecule has 1 aliphatic rings. The van der Waals surface area contributed by atoms with E-state index in [1.807, 2.05) is 0 Å². The van der Waals surface area contributed by atoms with Gasteiger partial charge in [-0.05, 0) is 31.0 Å². The Morgan fingerprint density at radius 3 is 2.85 bits per heavy atom. The van der Waals surface area contributed by atoms with Crippen molar-refractivity contribution in [2.24, 2.45) is 0 Å². The number of rotatable bonds is 6. The fourth-order valence-electron chi connectivity index (χ4n) is 3.68. The van der Waals surface area contributed by atoms with E-state index in [0.717, 1.165) is 12.5 Å². The molecule has 0 radical (unpaired) electrons. The Balaban J connectivity index is 1.36. The van der Waals surface area contributed by atoms with Crippen LogP contribution in [0.1, 0.15) is 35.0 Å². The van der Waals surface area contributed by atoms with E-state index in [4.69, 9.17) is 4.52 Å². The van der Waals surface area contributed by atoms with E-state index in [-0.39, 0.29) is 35.4 Å². The number of piperidine rings is 1. The van der Waals surface area contributed by atoms with Gasteiger partial charge in [-0.3, -0.25) is 19.7 Å². The van der Waals surface area contributed by atoms with Crippen molar-refractivity contribution in [3.8, 4) is 11.4 Å². The van der Waals surface area contributed by atoms with Gasteiger partial charge in [0.25, 0.3) is 11.6 Å². The molecule has 1 unspecified atom stereocenters. The summed E-state index contributed by atoms with van der Waals surface area (Å²) in [6, 6.07) is 11.2. The minimum atomic E-state index is -0.590. The molecule has 0 saturated carbocycles. The molecule has 3 aromatic rings. The molecule has 0 spiro atoms. The van der Waals surface area contributed by atoms with Crippen molar-refractivity contribution in [1.29, 1.82) is 0 Å². The Labute approximate surface area is 187 Å². The van der Waals surface area contributed by atoms with Crippen LogP contribution in [0.4, 0.5) is 10.1 Å². The highest BCUT2D eigenvalue weighted by Gasteiger charge is 2.29. The quantitative estimate of drug-likeness (QED) is 0.448. The maximum Gasteiger partial charge on any atom is 0.270 e. The number of carbonyl (C=O) groups is 2. The summed E-state index contributed by atoms with van der Waals surface area (Å²) in [6.07, 6.45) is 1.46. The highest BCUT2D eigenvalue weighted by Crippen LogP contribution is 2.27. The van der Waals surface area contributed by atoms with Crippen molar-refractivity contribution in [1.82, 2.24) is 20.4 Å². The van der Waals surface area contributed by atoms with Crippen LogP contribution in [-0.4, -0.2) is 51.4 Å². The number of aromatic nitrogens is 2. The molecule has 1 saturated heterocycles. The minimum absolute atomic E-state index is 0.101. The number of amides is 2. The summed E-state index contributed by atoms with van der Waals surface area (Å²) in [4.78, 5) is 41.2. The number of hydrogen-bond acceptors (Lipinski definition) is 7. The summed E-state index contributed by atoms with van der Waals surface area (Å²) in [5, 5.41) is 17.3. The van der Waals surface area contributed by atoms with E-state index in [1.165, 1.54) is 30.3 Å². The number of benzene rings is 2. The summed E-state index contributed by atoms with van der Waals surface area (Å²) in [5.74, 6) is -0.796. The molecular weight excluding hydrogens is 433 g/mol. The van der Waals surface area contributed by atoms with Gasteiger partial charge in [-0.15, -0.1) is 0 Å². The van der Waals surface area contributed by atoms with Crippen LogP contribution in [0.5, 0.6) is 0 Å². The van der Waals surface area contributed by atoms with E-state index in [2.05, 4.69) is 15.5 Å². The molecule has 1 N–H and O–H groups in total. The molecule has 1 aliphatic heterocycles. The Hall–Kier alpha value is -4.15. The molecule has 2 aromatic carbocycles. The molecular formula is C22H20FN5O5. The third-order valence-electron chi connectivity index (χ3n) is 5.37. The van der Waals surface area contributed by atoms with E-state index in [0.29, 0.717) is 31.0 Å². The SMILES string of the molecule is O=C(NCC(=O)N1CCCC(c2nc(-c3cccc(F)c3)no2)C1)c1cccc([N+](=O)[O-])c1. The number of hydrogen-bond donors (Lipinski definition) is 1. The number of non-ortho nitro benzene ring substituents is 1.